The zero-order valence-corrected chi connectivity index (χ0v) is 15.1. The van der Waals surface area contributed by atoms with Crippen LogP contribution in [0.2, 0.25) is 0 Å². The fourth-order valence-corrected chi connectivity index (χ4v) is 3.10. The van der Waals surface area contributed by atoms with E-state index in [0.717, 1.165) is 36.6 Å². The largest absolute Gasteiger partial charge is 0.504 e. The van der Waals surface area contributed by atoms with Crippen molar-refractivity contribution in [2.45, 2.75) is 50.0 Å². The summed E-state index contributed by atoms with van der Waals surface area (Å²) in [5, 5.41) is 31.3. The van der Waals surface area contributed by atoms with Crippen LogP contribution in [-0.2, 0) is 16.0 Å². The van der Waals surface area contributed by atoms with Crippen molar-refractivity contribution < 1.29 is 24.9 Å². The Labute approximate surface area is 151 Å². The van der Waals surface area contributed by atoms with Crippen LogP contribution in [0.1, 0.15) is 38.2 Å². The Hall–Kier alpha value is -1.93. The second-order valence-corrected chi connectivity index (χ2v) is 6.84. The molecule has 0 aliphatic heterocycles. The molecular weight excluding hydrogens is 344 g/mol. The zero-order valence-electron chi connectivity index (χ0n) is 14.3. The number of amides is 1. The highest BCUT2D eigenvalue weighted by Gasteiger charge is 2.15. The lowest BCUT2D eigenvalue weighted by molar-refractivity contribution is -0.137. The molecule has 0 fully saturated rings. The van der Waals surface area contributed by atoms with Crippen molar-refractivity contribution in [2.75, 3.05) is 12.3 Å². The second-order valence-electron chi connectivity index (χ2n) is 5.77. The lowest BCUT2D eigenvalue weighted by atomic mass is 10.1. The minimum Gasteiger partial charge on any atom is -0.504 e. The van der Waals surface area contributed by atoms with Crippen LogP contribution in [0.25, 0.3) is 0 Å². The molecule has 140 valence electrons. The maximum absolute atomic E-state index is 11.7. The number of phenols is 2. The number of nitrogens with one attached hydrogen (secondary N) is 1. The molecule has 0 radical (unpaired) electrons. The van der Waals surface area contributed by atoms with E-state index in [0.29, 0.717) is 24.3 Å². The Morgan fingerprint density at radius 1 is 1.28 bits per heavy atom. The highest BCUT2D eigenvalue weighted by atomic mass is 32.2. The number of carbonyl (C=O) groups is 2. The van der Waals surface area contributed by atoms with Gasteiger partial charge in [-0.2, -0.15) is 0 Å². The third-order valence-corrected chi connectivity index (χ3v) is 4.74. The van der Waals surface area contributed by atoms with E-state index in [-0.39, 0.29) is 23.2 Å². The number of carboxylic acid groups (broad SMARTS) is 1. The molecule has 0 aromatic heterocycles. The Morgan fingerprint density at radius 2 is 2.00 bits per heavy atom. The fourth-order valence-electron chi connectivity index (χ4n) is 2.12. The molecule has 0 saturated heterocycles. The van der Waals surface area contributed by atoms with Crippen molar-refractivity contribution in [2.24, 2.45) is 5.73 Å². The third-order valence-electron chi connectivity index (χ3n) is 3.59. The van der Waals surface area contributed by atoms with Gasteiger partial charge in [-0.1, -0.05) is 19.8 Å². The van der Waals surface area contributed by atoms with Gasteiger partial charge in [-0.05, 0) is 30.5 Å². The summed E-state index contributed by atoms with van der Waals surface area (Å²) in [7, 11) is 0. The lowest BCUT2D eigenvalue weighted by Crippen LogP contribution is -2.32. The molecule has 25 heavy (non-hydrogen) atoms. The first-order chi connectivity index (χ1) is 11.8. The topological polar surface area (TPSA) is 133 Å². The smallest absolute Gasteiger partial charge is 0.321 e. The third kappa shape index (κ3) is 7.66. The van der Waals surface area contributed by atoms with Gasteiger partial charge in [0.1, 0.15) is 6.04 Å². The predicted octanol–water partition coefficient (Wildman–Crippen LogP) is 1.84. The molecule has 0 aliphatic rings. The summed E-state index contributed by atoms with van der Waals surface area (Å²) in [5.41, 5.74) is 6.17. The summed E-state index contributed by atoms with van der Waals surface area (Å²) in [4.78, 5) is 22.8. The number of thioether (sulfide) groups is 1. The van der Waals surface area contributed by atoms with Crippen LogP contribution in [0, 0.1) is 0 Å². The number of hydrogen-bond donors (Lipinski definition) is 5. The van der Waals surface area contributed by atoms with E-state index in [1.807, 2.05) is 0 Å². The average molecular weight is 370 g/mol. The molecule has 0 bridgehead atoms. The van der Waals surface area contributed by atoms with Gasteiger partial charge < -0.3 is 26.4 Å². The molecule has 7 nitrogen and oxygen atoms in total. The highest BCUT2D eigenvalue weighted by Crippen LogP contribution is 2.37. The Balaban J connectivity index is 2.57. The number of aliphatic carboxylic acids is 1. The van der Waals surface area contributed by atoms with E-state index in [1.165, 1.54) is 6.07 Å². The maximum Gasteiger partial charge on any atom is 0.321 e. The van der Waals surface area contributed by atoms with Gasteiger partial charge in [0.05, 0.1) is 4.90 Å². The van der Waals surface area contributed by atoms with Gasteiger partial charge >= 0.3 is 5.97 Å². The summed E-state index contributed by atoms with van der Waals surface area (Å²) in [5.74, 6) is -1.63. The number of benzene rings is 1. The van der Waals surface area contributed by atoms with Gasteiger partial charge in [0, 0.05) is 18.7 Å². The van der Waals surface area contributed by atoms with Crippen molar-refractivity contribution in [3.63, 3.8) is 0 Å². The molecule has 1 aromatic carbocycles. The average Bonchev–Trinajstić information content (AvgIpc) is 2.56. The number of unbranched alkanes of at least 4 members (excludes halogenated alkanes) is 2. The van der Waals surface area contributed by atoms with E-state index in [2.05, 4.69) is 12.2 Å². The summed E-state index contributed by atoms with van der Waals surface area (Å²) < 4.78 is 0. The number of rotatable bonds is 11. The summed E-state index contributed by atoms with van der Waals surface area (Å²) >= 11 is 1.06. The Morgan fingerprint density at radius 3 is 2.64 bits per heavy atom. The van der Waals surface area contributed by atoms with E-state index < -0.39 is 12.0 Å². The fraction of sp³-hybridized carbons (Fsp3) is 0.529. The molecule has 6 N–H and O–H groups in total. The van der Waals surface area contributed by atoms with E-state index >= 15 is 0 Å². The summed E-state index contributed by atoms with van der Waals surface area (Å²) in [6, 6.07) is 2.04. The normalized spacial score (nSPS) is 11.9. The predicted molar refractivity (Wildman–Crippen MR) is 97.0 cm³/mol. The Bertz CT molecular complexity index is 595. The first kappa shape index (κ1) is 21.1. The molecule has 0 aliphatic carbocycles. The van der Waals surface area contributed by atoms with Crippen LogP contribution < -0.4 is 11.1 Å². The molecule has 0 heterocycles. The number of hydrogen-bond acceptors (Lipinski definition) is 6. The molecule has 0 saturated carbocycles. The molecule has 1 rings (SSSR count). The molecule has 1 atom stereocenters. The van der Waals surface area contributed by atoms with E-state index in [1.54, 1.807) is 6.07 Å². The summed E-state index contributed by atoms with van der Waals surface area (Å²) in [6.45, 7) is 2.50. The standard InChI is InChI=1S/C17H26N2O5S/c1-2-3-4-5-15(21)19-7-6-11-8-13(20)16(22)14(9-11)25-10-12(18)17(23)24/h8-9,12,20,22H,2-7,10,18H2,1H3,(H,19,21)(H,23,24). The highest BCUT2D eigenvalue weighted by molar-refractivity contribution is 7.99. The number of nitrogens with two attached hydrogens (primary N) is 1. The first-order valence-corrected chi connectivity index (χ1v) is 9.26. The van der Waals surface area contributed by atoms with Gasteiger partial charge in [-0.3, -0.25) is 9.59 Å². The quantitative estimate of drug-likeness (QED) is 0.228. The van der Waals surface area contributed by atoms with Gasteiger partial charge in [-0.15, -0.1) is 11.8 Å². The number of aromatic hydroxyl groups is 2. The van der Waals surface area contributed by atoms with Crippen LogP contribution in [0.4, 0.5) is 0 Å². The molecule has 1 aromatic rings. The lowest BCUT2D eigenvalue weighted by Gasteiger charge is -2.11. The van der Waals surface area contributed by atoms with E-state index in [4.69, 9.17) is 10.8 Å². The van der Waals surface area contributed by atoms with Gasteiger partial charge in [0.2, 0.25) is 5.91 Å². The summed E-state index contributed by atoms with van der Waals surface area (Å²) in [6.07, 6.45) is 3.95. The van der Waals surface area contributed by atoms with Crippen molar-refractivity contribution in [1.29, 1.82) is 0 Å². The molecule has 1 amide bonds. The number of carboxylic acids is 1. The minimum absolute atomic E-state index is 0.00141. The van der Waals surface area contributed by atoms with Crippen molar-refractivity contribution >= 4 is 23.6 Å². The molecule has 0 spiro atoms. The van der Waals surface area contributed by atoms with Crippen molar-refractivity contribution in [3.05, 3.63) is 17.7 Å². The maximum atomic E-state index is 11.7. The van der Waals surface area contributed by atoms with Crippen LogP contribution in [0.5, 0.6) is 11.5 Å². The van der Waals surface area contributed by atoms with Crippen LogP contribution in [0.3, 0.4) is 0 Å². The van der Waals surface area contributed by atoms with Gasteiger partial charge in [0.15, 0.2) is 11.5 Å². The van der Waals surface area contributed by atoms with Crippen LogP contribution in [-0.4, -0.2) is 45.5 Å². The monoisotopic (exact) mass is 370 g/mol. The Kier molecular flexibility index (Phi) is 9.15. The van der Waals surface area contributed by atoms with Gasteiger partial charge in [-0.25, -0.2) is 0 Å². The minimum atomic E-state index is -1.13. The molecule has 1 unspecified atom stereocenters. The second kappa shape index (κ2) is 10.8. The van der Waals surface area contributed by atoms with Gasteiger partial charge in [0.25, 0.3) is 0 Å². The number of carbonyl (C=O) groups excluding carboxylic acids is 1. The SMILES string of the molecule is CCCCCC(=O)NCCc1cc(O)c(O)c(SCC(N)C(=O)O)c1. The van der Waals surface area contributed by atoms with Crippen molar-refractivity contribution in [1.82, 2.24) is 5.32 Å². The van der Waals surface area contributed by atoms with Crippen LogP contribution in [0.15, 0.2) is 17.0 Å². The van der Waals surface area contributed by atoms with Crippen molar-refractivity contribution in [3.8, 4) is 11.5 Å². The number of phenolic OH excluding ortho intramolecular Hbond substituents is 2. The first-order valence-electron chi connectivity index (χ1n) is 8.27. The van der Waals surface area contributed by atoms with Crippen LogP contribution >= 0.6 is 11.8 Å². The molecule has 8 heteroatoms. The zero-order chi connectivity index (χ0) is 18.8. The molecular formula is C17H26N2O5S. The van der Waals surface area contributed by atoms with E-state index in [9.17, 15) is 19.8 Å².